The number of amides is 1. The van der Waals surface area contributed by atoms with E-state index in [1.54, 1.807) is 31.2 Å². The second-order valence-corrected chi connectivity index (χ2v) is 8.75. The zero-order valence-corrected chi connectivity index (χ0v) is 18.0. The van der Waals surface area contributed by atoms with E-state index in [1.807, 2.05) is 30.3 Å². The van der Waals surface area contributed by atoms with Crippen molar-refractivity contribution in [2.45, 2.75) is 19.4 Å². The Balaban J connectivity index is 1.77. The number of ether oxygens (including phenoxy) is 1. The SMILES string of the molecule is CC[C@@H](C(=O)Nc1ccc(Oc2ccccc2)cc1)N(c1ccc(F)cc1)S(C)(=O)=O. The lowest BCUT2D eigenvalue weighted by Gasteiger charge is -2.30. The summed E-state index contributed by atoms with van der Waals surface area (Å²) in [7, 11) is -3.79. The lowest BCUT2D eigenvalue weighted by atomic mass is 10.1. The van der Waals surface area contributed by atoms with Crippen LogP contribution < -0.4 is 14.4 Å². The molecule has 162 valence electrons. The van der Waals surface area contributed by atoms with Crippen LogP contribution >= 0.6 is 0 Å². The van der Waals surface area contributed by atoms with E-state index < -0.39 is 27.8 Å². The van der Waals surface area contributed by atoms with Crippen LogP contribution in [0.15, 0.2) is 78.9 Å². The van der Waals surface area contributed by atoms with Crippen LogP contribution in [-0.2, 0) is 14.8 Å². The third-order valence-corrected chi connectivity index (χ3v) is 5.69. The van der Waals surface area contributed by atoms with E-state index in [2.05, 4.69) is 5.32 Å². The highest BCUT2D eigenvalue weighted by molar-refractivity contribution is 7.92. The molecule has 6 nitrogen and oxygen atoms in total. The summed E-state index contributed by atoms with van der Waals surface area (Å²) in [6, 6.07) is 20.0. The fraction of sp³-hybridized carbons (Fsp3) is 0.174. The van der Waals surface area contributed by atoms with E-state index in [4.69, 9.17) is 4.74 Å². The number of halogens is 1. The summed E-state index contributed by atoms with van der Waals surface area (Å²) < 4.78 is 44.9. The van der Waals surface area contributed by atoms with Crippen LogP contribution in [0.25, 0.3) is 0 Å². The minimum absolute atomic E-state index is 0.220. The molecular formula is C23H23FN2O4S. The van der Waals surface area contributed by atoms with E-state index >= 15 is 0 Å². The Bertz CT molecular complexity index is 1120. The molecule has 1 atom stereocenters. The number of nitrogens with one attached hydrogen (secondary N) is 1. The molecule has 3 aromatic carbocycles. The number of hydrogen-bond acceptors (Lipinski definition) is 4. The number of carbonyl (C=O) groups excluding carboxylic acids is 1. The largest absolute Gasteiger partial charge is 0.457 e. The van der Waals surface area contributed by atoms with Gasteiger partial charge in [0.15, 0.2) is 0 Å². The van der Waals surface area contributed by atoms with Gasteiger partial charge in [0.1, 0.15) is 23.4 Å². The smallest absolute Gasteiger partial charge is 0.248 e. The summed E-state index contributed by atoms with van der Waals surface area (Å²) in [5, 5.41) is 2.74. The predicted octanol–water partition coefficient (Wildman–Crippen LogP) is 4.80. The average Bonchev–Trinajstić information content (AvgIpc) is 2.74. The molecule has 0 spiro atoms. The van der Waals surface area contributed by atoms with Crippen molar-refractivity contribution in [3.8, 4) is 11.5 Å². The highest BCUT2D eigenvalue weighted by Crippen LogP contribution is 2.25. The van der Waals surface area contributed by atoms with E-state index in [0.29, 0.717) is 17.2 Å². The van der Waals surface area contributed by atoms with Gasteiger partial charge in [0.2, 0.25) is 15.9 Å². The molecular weight excluding hydrogens is 419 g/mol. The maximum atomic E-state index is 13.3. The first kappa shape index (κ1) is 22.3. The van der Waals surface area contributed by atoms with Crippen molar-refractivity contribution in [2.24, 2.45) is 0 Å². The van der Waals surface area contributed by atoms with Crippen LogP contribution in [-0.4, -0.2) is 26.6 Å². The molecule has 31 heavy (non-hydrogen) atoms. The zero-order chi connectivity index (χ0) is 22.4. The molecule has 0 aliphatic heterocycles. The maximum Gasteiger partial charge on any atom is 0.248 e. The van der Waals surface area contributed by atoms with Crippen molar-refractivity contribution in [3.05, 3.63) is 84.7 Å². The fourth-order valence-electron chi connectivity index (χ4n) is 3.10. The van der Waals surface area contributed by atoms with Gasteiger partial charge in [-0.05, 0) is 67.1 Å². The molecule has 0 unspecified atom stereocenters. The Morgan fingerprint density at radius 3 is 2.10 bits per heavy atom. The number of para-hydroxylation sites is 1. The fourth-order valence-corrected chi connectivity index (χ4v) is 4.32. The first-order valence-electron chi connectivity index (χ1n) is 9.66. The molecule has 0 saturated carbocycles. The van der Waals surface area contributed by atoms with Crippen LogP contribution in [0.5, 0.6) is 11.5 Å². The molecule has 0 aromatic heterocycles. The van der Waals surface area contributed by atoms with Gasteiger partial charge in [0.25, 0.3) is 0 Å². The van der Waals surface area contributed by atoms with Crippen molar-refractivity contribution >= 4 is 27.3 Å². The summed E-state index contributed by atoms with van der Waals surface area (Å²) in [4.78, 5) is 12.9. The van der Waals surface area contributed by atoms with Crippen LogP contribution in [0.3, 0.4) is 0 Å². The quantitative estimate of drug-likeness (QED) is 0.544. The Morgan fingerprint density at radius 2 is 1.55 bits per heavy atom. The summed E-state index contributed by atoms with van der Waals surface area (Å²) in [6.07, 6.45) is 1.24. The molecule has 8 heteroatoms. The minimum atomic E-state index is -3.79. The van der Waals surface area contributed by atoms with Gasteiger partial charge in [-0.1, -0.05) is 25.1 Å². The second kappa shape index (κ2) is 9.61. The number of nitrogens with zero attached hydrogens (tertiary/aromatic N) is 1. The molecule has 1 amide bonds. The second-order valence-electron chi connectivity index (χ2n) is 6.89. The Kier molecular flexibility index (Phi) is 6.91. The van der Waals surface area contributed by atoms with Crippen LogP contribution in [0.1, 0.15) is 13.3 Å². The minimum Gasteiger partial charge on any atom is -0.457 e. The average molecular weight is 443 g/mol. The number of sulfonamides is 1. The highest BCUT2D eigenvalue weighted by Gasteiger charge is 2.31. The first-order chi connectivity index (χ1) is 14.8. The summed E-state index contributed by atoms with van der Waals surface area (Å²) in [5.74, 6) is 0.301. The van der Waals surface area contributed by atoms with Gasteiger partial charge >= 0.3 is 0 Å². The first-order valence-corrected chi connectivity index (χ1v) is 11.5. The monoisotopic (exact) mass is 442 g/mol. The van der Waals surface area contributed by atoms with E-state index in [1.165, 1.54) is 12.1 Å². The molecule has 0 heterocycles. The molecule has 3 aromatic rings. The number of rotatable bonds is 8. The Hall–Kier alpha value is -3.39. The molecule has 0 fully saturated rings. The van der Waals surface area contributed by atoms with Crippen molar-refractivity contribution in [3.63, 3.8) is 0 Å². The molecule has 1 N–H and O–H groups in total. The lowest BCUT2D eigenvalue weighted by Crippen LogP contribution is -2.47. The third-order valence-electron chi connectivity index (χ3n) is 4.51. The van der Waals surface area contributed by atoms with Crippen molar-refractivity contribution in [1.82, 2.24) is 0 Å². The van der Waals surface area contributed by atoms with E-state index in [0.717, 1.165) is 22.7 Å². The van der Waals surface area contributed by atoms with Gasteiger partial charge in [0, 0.05) is 5.69 Å². The third kappa shape index (κ3) is 5.82. The number of carbonyl (C=O) groups is 1. The Morgan fingerprint density at radius 1 is 0.968 bits per heavy atom. The maximum absolute atomic E-state index is 13.3. The Labute approximate surface area is 181 Å². The molecule has 0 bridgehead atoms. The van der Waals surface area contributed by atoms with Crippen LogP contribution in [0.4, 0.5) is 15.8 Å². The van der Waals surface area contributed by atoms with Crippen molar-refractivity contribution in [1.29, 1.82) is 0 Å². The van der Waals surface area contributed by atoms with Gasteiger partial charge in [-0.3, -0.25) is 9.10 Å². The normalized spacial score (nSPS) is 12.1. The zero-order valence-electron chi connectivity index (χ0n) is 17.2. The van der Waals surface area contributed by atoms with Gasteiger partial charge in [-0.25, -0.2) is 12.8 Å². The topological polar surface area (TPSA) is 75.7 Å². The van der Waals surface area contributed by atoms with E-state index in [-0.39, 0.29) is 12.1 Å². The standard InChI is InChI=1S/C23H23FN2O4S/c1-3-22(26(31(2,28)29)19-13-9-17(24)10-14-19)23(27)25-18-11-15-21(16-12-18)30-20-7-5-4-6-8-20/h4-16,22H,3H2,1-2H3,(H,25,27)/t22-/m0/s1. The lowest BCUT2D eigenvalue weighted by molar-refractivity contribution is -0.117. The highest BCUT2D eigenvalue weighted by atomic mass is 32.2. The number of anilines is 2. The molecule has 0 saturated heterocycles. The van der Waals surface area contributed by atoms with Crippen molar-refractivity contribution < 1.29 is 22.3 Å². The van der Waals surface area contributed by atoms with Crippen molar-refractivity contribution in [2.75, 3.05) is 15.9 Å². The molecule has 0 aliphatic rings. The number of benzene rings is 3. The predicted molar refractivity (Wildman–Crippen MR) is 119 cm³/mol. The number of hydrogen-bond donors (Lipinski definition) is 1. The molecule has 3 rings (SSSR count). The van der Waals surface area contributed by atoms with E-state index in [9.17, 15) is 17.6 Å². The molecule has 0 radical (unpaired) electrons. The summed E-state index contributed by atoms with van der Waals surface area (Å²) in [6.45, 7) is 1.71. The van der Waals surface area contributed by atoms with Gasteiger partial charge in [-0.2, -0.15) is 0 Å². The van der Waals surface area contributed by atoms with Gasteiger partial charge in [-0.15, -0.1) is 0 Å². The van der Waals surface area contributed by atoms with Gasteiger partial charge in [0.05, 0.1) is 11.9 Å². The summed E-state index contributed by atoms with van der Waals surface area (Å²) >= 11 is 0. The summed E-state index contributed by atoms with van der Waals surface area (Å²) in [5.41, 5.74) is 0.717. The van der Waals surface area contributed by atoms with Gasteiger partial charge < -0.3 is 10.1 Å². The van der Waals surface area contributed by atoms with Crippen LogP contribution in [0, 0.1) is 5.82 Å². The van der Waals surface area contributed by atoms with Crippen LogP contribution in [0.2, 0.25) is 0 Å². The molecule has 0 aliphatic carbocycles.